The van der Waals surface area contributed by atoms with Crippen LogP contribution in [-0.2, 0) is 16.1 Å². The van der Waals surface area contributed by atoms with Crippen LogP contribution in [0, 0.1) is 11.7 Å². The molecule has 1 aromatic carbocycles. The van der Waals surface area contributed by atoms with Gasteiger partial charge in [0.25, 0.3) is 5.56 Å². The monoisotopic (exact) mass is 429 g/mol. The van der Waals surface area contributed by atoms with Gasteiger partial charge in [-0.05, 0) is 37.0 Å². The molecule has 1 aliphatic heterocycles. The molecule has 1 aliphatic rings. The van der Waals surface area contributed by atoms with Crippen LogP contribution in [-0.4, -0.2) is 22.1 Å². The Hall–Kier alpha value is -3.16. The minimum atomic E-state index is -0.800. The zero-order chi connectivity index (χ0) is 22.7. The second-order valence-electron chi connectivity index (χ2n) is 7.84. The Bertz CT molecular complexity index is 1110. The maximum Gasteiger partial charge on any atom is 0.336 e. The van der Waals surface area contributed by atoms with Crippen molar-refractivity contribution in [3.8, 4) is 0 Å². The van der Waals surface area contributed by atoms with Crippen LogP contribution in [0.25, 0.3) is 0 Å². The fourth-order valence-electron chi connectivity index (χ4n) is 3.89. The third kappa shape index (κ3) is 4.33. The first-order valence-electron chi connectivity index (χ1n) is 10.6. The van der Waals surface area contributed by atoms with E-state index >= 15 is 0 Å². The number of ether oxygens (including phenoxy) is 1. The van der Waals surface area contributed by atoms with Gasteiger partial charge in [0.1, 0.15) is 11.6 Å². The van der Waals surface area contributed by atoms with E-state index in [1.165, 1.54) is 16.7 Å². The number of allylic oxidation sites excluding steroid dienone is 1. The van der Waals surface area contributed by atoms with Crippen molar-refractivity contribution in [3.63, 3.8) is 0 Å². The lowest BCUT2D eigenvalue weighted by Gasteiger charge is -2.33. The lowest BCUT2D eigenvalue weighted by Crippen LogP contribution is -2.40. The van der Waals surface area contributed by atoms with E-state index in [4.69, 9.17) is 4.74 Å². The quantitative estimate of drug-likeness (QED) is 0.657. The molecule has 0 bridgehead atoms. The van der Waals surface area contributed by atoms with E-state index < -0.39 is 29.0 Å². The molecule has 1 unspecified atom stereocenters. The molecular weight excluding hydrogens is 401 g/mol. The highest BCUT2D eigenvalue weighted by atomic mass is 19.1. The average molecular weight is 429 g/mol. The van der Waals surface area contributed by atoms with Gasteiger partial charge in [0.15, 0.2) is 0 Å². The minimum absolute atomic E-state index is 0.121. The van der Waals surface area contributed by atoms with Crippen molar-refractivity contribution in [3.05, 3.63) is 73.3 Å². The summed E-state index contributed by atoms with van der Waals surface area (Å²) in [6.07, 6.45) is 1.61. The summed E-state index contributed by atoms with van der Waals surface area (Å²) in [5, 5.41) is 3.20. The summed E-state index contributed by atoms with van der Waals surface area (Å²) in [5.41, 5.74) is 0.591. The van der Waals surface area contributed by atoms with Gasteiger partial charge >= 0.3 is 11.7 Å². The Labute approximate surface area is 180 Å². The Morgan fingerprint density at radius 2 is 1.87 bits per heavy atom. The second kappa shape index (κ2) is 9.32. The Kier molecular flexibility index (Phi) is 6.77. The molecule has 0 fully saturated rings. The van der Waals surface area contributed by atoms with Gasteiger partial charge in [-0.25, -0.2) is 14.0 Å². The number of fused-ring (bicyclic) bond motifs is 1. The lowest BCUT2D eigenvalue weighted by atomic mass is 9.80. The summed E-state index contributed by atoms with van der Waals surface area (Å²) in [7, 11) is 0. The van der Waals surface area contributed by atoms with Crippen molar-refractivity contribution in [2.24, 2.45) is 5.92 Å². The van der Waals surface area contributed by atoms with E-state index in [0.29, 0.717) is 29.2 Å². The van der Waals surface area contributed by atoms with Crippen molar-refractivity contribution in [1.82, 2.24) is 9.55 Å². The molecule has 0 amide bonds. The standard InChI is InChI=1S/C23H28FN3O4/c1-5-7-12-27-20-18(21(28)26-23(27)30)16(14-8-10-15(24)11-9-14)17(22(29)31-6-2)19(25-20)13(3)4/h8-11,13,16,25H,5-7,12H2,1-4H3,(H,26,28,30). The number of aromatic nitrogens is 2. The Morgan fingerprint density at radius 1 is 1.19 bits per heavy atom. The van der Waals surface area contributed by atoms with Crippen molar-refractivity contribution < 1.29 is 13.9 Å². The number of aromatic amines is 1. The van der Waals surface area contributed by atoms with Crippen molar-refractivity contribution in [2.75, 3.05) is 11.9 Å². The largest absolute Gasteiger partial charge is 0.463 e. The molecule has 8 heteroatoms. The van der Waals surface area contributed by atoms with Gasteiger partial charge in [0.2, 0.25) is 0 Å². The molecule has 0 saturated heterocycles. The third-order valence-electron chi connectivity index (χ3n) is 5.37. The van der Waals surface area contributed by atoms with E-state index in [9.17, 15) is 18.8 Å². The number of hydrogen-bond donors (Lipinski definition) is 2. The number of nitrogens with one attached hydrogen (secondary N) is 2. The van der Waals surface area contributed by atoms with E-state index in [2.05, 4.69) is 10.3 Å². The molecule has 3 rings (SSSR count). The first-order valence-corrected chi connectivity index (χ1v) is 10.6. The average Bonchev–Trinajstić information content (AvgIpc) is 2.73. The number of carbonyl (C=O) groups is 1. The molecule has 0 radical (unpaired) electrons. The molecule has 2 aromatic rings. The Morgan fingerprint density at radius 3 is 2.45 bits per heavy atom. The molecule has 166 valence electrons. The fraction of sp³-hybridized carbons (Fsp3) is 0.435. The van der Waals surface area contributed by atoms with E-state index in [-0.39, 0.29) is 18.1 Å². The fourth-order valence-corrected chi connectivity index (χ4v) is 3.89. The summed E-state index contributed by atoms with van der Waals surface area (Å²) in [4.78, 5) is 41.0. The highest BCUT2D eigenvalue weighted by molar-refractivity contribution is 5.94. The highest BCUT2D eigenvalue weighted by Crippen LogP contribution is 2.42. The zero-order valence-corrected chi connectivity index (χ0v) is 18.3. The molecular formula is C23H28FN3O4. The normalized spacial score (nSPS) is 15.6. The van der Waals surface area contributed by atoms with Gasteiger partial charge in [-0.1, -0.05) is 39.3 Å². The van der Waals surface area contributed by atoms with Crippen LogP contribution in [0.1, 0.15) is 57.6 Å². The topological polar surface area (TPSA) is 93.2 Å². The molecule has 2 heterocycles. The summed E-state index contributed by atoms with van der Waals surface area (Å²) >= 11 is 0. The van der Waals surface area contributed by atoms with Gasteiger partial charge in [0.05, 0.1) is 23.7 Å². The first kappa shape index (κ1) is 22.5. The van der Waals surface area contributed by atoms with Crippen LogP contribution >= 0.6 is 0 Å². The van der Waals surface area contributed by atoms with Crippen LogP contribution in [0.15, 0.2) is 45.1 Å². The predicted molar refractivity (Wildman–Crippen MR) is 117 cm³/mol. The molecule has 2 N–H and O–H groups in total. The van der Waals surface area contributed by atoms with Crippen molar-refractivity contribution >= 4 is 11.8 Å². The van der Waals surface area contributed by atoms with Crippen molar-refractivity contribution in [2.45, 2.75) is 53.0 Å². The van der Waals surface area contributed by atoms with Gasteiger partial charge in [-0.2, -0.15) is 0 Å². The van der Waals surface area contributed by atoms with E-state index in [0.717, 1.165) is 12.8 Å². The summed E-state index contributed by atoms with van der Waals surface area (Å²) in [5.74, 6) is -1.53. The number of H-pyrrole nitrogens is 1. The number of benzene rings is 1. The molecule has 0 spiro atoms. The number of nitrogens with zero attached hydrogens (tertiary/aromatic N) is 1. The smallest absolute Gasteiger partial charge is 0.336 e. The maximum absolute atomic E-state index is 13.6. The number of halogens is 1. The number of hydrogen-bond acceptors (Lipinski definition) is 5. The molecule has 1 atom stereocenters. The number of carbonyl (C=O) groups excluding carboxylic acids is 1. The zero-order valence-electron chi connectivity index (χ0n) is 18.3. The van der Waals surface area contributed by atoms with Crippen LogP contribution in [0.2, 0.25) is 0 Å². The predicted octanol–water partition coefficient (Wildman–Crippen LogP) is 3.51. The maximum atomic E-state index is 13.6. The minimum Gasteiger partial charge on any atom is -0.463 e. The van der Waals surface area contributed by atoms with Crippen LogP contribution in [0.4, 0.5) is 10.2 Å². The molecule has 0 aliphatic carbocycles. The van der Waals surface area contributed by atoms with Gasteiger partial charge < -0.3 is 10.1 Å². The molecule has 0 saturated carbocycles. The number of anilines is 1. The SMILES string of the molecule is CCCCn1c2c(c(=O)[nH]c1=O)C(c1ccc(F)cc1)C(C(=O)OCC)=C(C(C)C)N2. The Balaban J connectivity index is 2.37. The number of esters is 1. The first-order chi connectivity index (χ1) is 14.8. The number of rotatable bonds is 7. The van der Waals surface area contributed by atoms with Crippen LogP contribution < -0.4 is 16.6 Å². The summed E-state index contributed by atoms with van der Waals surface area (Å²) < 4.78 is 20.5. The lowest BCUT2D eigenvalue weighted by molar-refractivity contribution is -0.138. The van der Waals surface area contributed by atoms with Gasteiger partial charge in [-0.15, -0.1) is 0 Å². The van der Waals surface area contributed by atoms with E-state index in [1.807, 2.05) is 20.8 Å². The third-order valence-corrected chi connectivity index (χ3v) is 5.37. The van der Waals surface area contributed by atoms with Crippen molar-refractivity contribution in [1.29, 1.82) is 0 Å². The van der Waals surface area contributed by atoms with Crippen LogP contribution in [0.5, 0.6) is 0 Å². The summed E-state index contributed by atoms with van der Waals surface area (Å²) in [6, 6.07) is 5.67. The van der Waals surface area contributed by atoms with Gasteiger partial charge in [0, 0.05) is 12.2 Å². The van der Waals surface area contributed by atoms with Crippen LogP contribution in [0.3, 0.4) is 0 Å². The summed E-state index contributed by atoms with van der Waals surface area (Å²) in [6.45, 7) is 8.13. The molecule has 7 nitrogen and oxygen atoms in total. The molecule has 31 heavy (non-hydrogen) atoms. The second-order valence-corrected chi connectivity index (χ2v) is 7.84. The number of unbranched alkanes of at least 4 members (excludes halogenated alkanes) is 1. The van der Waals surface area contributed by atoms with Gasteiger partial charge in [-0.3, -0.25) is 14.3 Å². The molecule has 1 aromatic heterocycles. The van der Waals surface area contributed by atoms with E-state index in [1.54, 1.807) is 19.1 Å². The highest BCUT2D eigenvalue weighted by Gasteiger charge is 2.38.